The number of carbonyl (C=O) groups excluding carboxylic acids is 1. The van der Waals surface area contributed by atoms with Crippen LogP contribution < -0.4 is 5.32 Å². The first-order valence-corrected chi connectivity index (χ1v) is 12.5. The quantitative estimate of drug-likeness (QED) is 0.379. The molecule has 2 atom stereocenters. The van der Waals surface area contributed by atoms with Crippen molar-refractivity contribution in [2.24, 2.45) is 4.99 Å². The Morgan fingerprint density at radius 3 is 2.31 bits per heavy atom. The molecular formula is C30H29N3O2. The van der Waals surface area contributed by atoms with E-state index in [0.717, 1.165) is 53.4 Å². The second-order valence-electron chi connectivity index (χ2n) is 9.54. The molecule has 5 heteroatoms. The van der Waals surface area contributed by atoms with E-state index in [2.05, 4.69) is 16.4 Å². The van der Waals surface area contributed by atoms with Gasteiger partial charge < -0.3 is 15.0 Å². The van der Waals surface area contributed by atoms with Gasteiger partial charge in [-0.1, -0.05) is 98.1 Å². The van der Waals surface area contributed by atoms with Crippen molar-refractivity contribution in [1.82, 2.24) is 10.3 Å². The molecule has 0 unspecified atom stereocenters. The van der Waals surface area contributed by atoms with Gasteiger partial charge in [-0.05, 0) is 36.1 Å². The van der Waals surface area contributed by atoms with E-state index in [1.807, 2.05) is 84.9 Å². The number of aliphatic imine (C=N–C) groups is 1. The van der Waals surface area contributed by atoms with Crippen LogP contribution in [0, 0.1) is 0 Å². The van der Waals surface area contributed by atoms with E-state index in [0.29, 0.717) is 5.90 Å². The number of H-pyrrole nitrogens is 1. The van der Waals surface area contributed by atoms with Crippen molar-refractivity contribution >= 4 is 22.7 Å². The van der Waals surface area contributed by atoms with Crippen LogP contribution in [0.3, 0.4) is 0 Å². The molecule has 1 aliphatic carbocycles. The van der Waals surface area contributed by atoms with Gasteiger partial charge in [0.25, 0.3) is 5.91 Å². The van der Waals surface area contributed by atoms with Crippen molar-refractivity contribution in [3.8, 4) is 0 Å². The van der Waals surface area contributed by atoms with Gasteiger partial charge in [-0.15, -0.1) is 0 Å². The van der Waals surface area contributed by atoms with E-state index >= 15 is 0 Å². The number of nitrogens with zero attached hydrogens (tertiary/aromatic N) is 1. The molecule has 1 aromatic heterocycles. The Bertz CT molecular complexity index is 1320. The Balaban J connectivity index is 1.50. The predicted molar refractivity (Wildman–Crippen MR) is 138 cm³/mol. The molecule has 35 heavy (non-hydrogen) atoms. The molecule has 2 heterocycles. The molecule has 5 nitrogen and oxygen atoms in total. The number of benzene rings is 3. The highest BCUT2D eigenvalue weighted by molar-refractivity contribution is 6.03. The molecule has 4 aromatic rings. The maximum atomic E-state index is 14.3. The van der Waals surface area contributed by atoms with E-state index in [1.165, 1.54) is 6.42 Å². The summed E-state index contributed by atoms with van der Waals surface area (Å²) in [7, 11) is 0. The fraction of sp³-hybridized carbons (Fsp3) is 0.267. The van der Waals surface area contributed by atoms with Gasteiger partial charge in [-0.25, -0.2) is 4.99 Å². The third-order valence-electron chi connectivity index (χ3n) is 7.25. The zero-order valence-electron chi connectivity index (χ0n) is 19.6. The lowest BCUT2D eigenvalue weighted by atomic mass is 9.80. The van der Waals surface area contributed by atoms with Crippen molar-refractivity contribution in [2.45, 2.75) is 49.8 Å². The second kappa shape index (κ2) is 9.06. The number of aromatic amines is 1. The summed E-state index contributed by atoms with van der Waals surface area (Å²) in [4.78, 5) is 22.8. The number of ether oxygens (including phenoxy) is 1. The van der Waals surface area contributed by atoms with Crippen molar-refractivity contribution in [3.05, 3.63) is 108 Å². The van der Waals surface area contributed by atoms with E-state index in [9.17, 15) is 4.79 Å². The summed E-state index contributed by atoms with van der Waals surface area (Å²) in [5.41, 5.74) is 2.30. The zero-order valence-corrected chi connectivity index (χ0v) is 19.6. The van der Waals surface area contributed by atoms with Gasteiger partial charge in [0.05, 0.1) is 0 Å². The van der Waals surface area contributed by atoms with Crippen molar-refractivity contribution in [1.29, 1.82) is 0 Å². The molecule has 1 amide bonds. The second-order valence-corrected chi connectivity index (χ2v) is 9.54. The largest absolute Gasteiger partial charge is 0.465 e. The fourth-order valence-electron chi connectivity index (χ4n) is 5.44. The van der Waals surface area contributed by atoms with Crippen molar-refractivity contribution in [3.63, 3.8) is 0 Å². The summed E-state index contributed by atoms with van der Waals surface area (Å²) < 4.78 is 6.60. The van der Waals surface area contributed by atoms with Crippen LogP contribution in [-0.2, 0) is 15.1 Å². The maximum absolute atomic E-state index is 14.3. The average molecular weight is 464 g/mol. The first-order chi connectivity index (χ1) is 17.2. The lowest BCUT2D eigenvalue weighted by Gasteiger charge is -2.33. The highest BCUT2D eigenvalue weighted by Crippen LogP contribution is 2.47. The SMILES string of the molecule is O=C(NC1CCCCC1)[C@]1(c2ccccc2)N=C(c2cc3ccccc3[nH]2)O[C@H]1c1ccccc1. The van der Waals surface area contributed by atoms with E-state index < -0.39 is 11.6 Å². The van der Waals surface area contributed by atoms with Crippen LogP contribution in [-0.4, -0.2) is 22.8 Å². The summed E-state index contributed by atoms with van der Waals surface area (Å²) >= 11 is 0. The molecule has 1 aliphatic heterocycles. The van der Waals surface area contributed by atoms with Crippen LogP contribution in [0.2, 0.25) is 0 Å². The Labute approximate surface area is 205 Å². The highest BCUT2D eigenvalue weighted by Gasteiger charge is 2.55. The van der Waals surface area contributed by atoms with Gasteiger partial charge in [-0.3, -0.25) is 4.79 Å². The molecule has 2 aliphatic rings. The van der Waals surface area contributed by atoms with Crippen molar-refractivity contribution in [2.75, 3.05) is 0 Å². The highest BCUT2D eigenvalue weighted by atomic mass is 16.5. The minimum absolute atomic E-state index is 0.101. The first kappa shape index (κ1) is 21.7. The topological polar surface area (TPSA) is 66.5 Å². The fourth-order valence-corrected chi connectivity index (χ4v) is 5.44. The van der Waals surface area contributed by atoms with Crippen LogP contribution in [0.15, 0.2) is 96.0 Å². The average Bonchev–Trinajstić information content (AvgIpc) is 3.53. The zero-order chi connectivity index (χ0) is 23.7. The number of hydrogen-bond donors (Lipinski definition) is 2. The maximum Gasteiger partial charge on any atom is 0.257 e. The molecule has 1 saturated carbocycles. The van der Waals surface area contributed by atoms with Crippen LogP contribution in [0.25, 0.3) is 10.9 Å². The van der Waals surface area contributed by atoms with Gasteiger partial charge in [0.2, 0.25) is 11.4 Å². The molecule has 0 radical (unpaired) electrons. The Morgan fingerprint density at radius 1 is 0.886 bits per heavy atom. The third kappa shape index (κ3) is 3.91. The van der Waals surface area contributed by atoms with Crippen LogP contribution >= 0.6 is 0 Å². The number of hydrogen-bond acceptors (Lipinski definition) is 3. The number of carbonyl (C=O) groups is 1. The lowest BCUT2D eigenvalue weighted by Crippen LogP contribution is -2.49. The van der Waals surface area contributed by atoms with Gasteiger partial charge >= 0.3 is 0 Å². The summed E-state index contributed by atoms with van der Waals surface area (Å²) in [6.45, 7) is 0. The molecule has 0 bridgehead atoms. The Kier molecular flexibility index (Phi) is 5.61. The minimum Gasteiger partial charge on any atom is -0.465 e. The molecule has 6 rings (SSSR count). The van der Waals surface area contributed by atoms with Crippen molar-refractivity contribution < 1.29 is 9.53 Å². The summed E-state index contributed by atoms with van der Waals surface area (Å²) in [5, 5.41) is 4.44. The molecular weight excluding hydrogens is 434 g/mol. The predicted octanol–water partition coefficient (Wildman–Crippen LogP) is 6.03. The smallest absolute Gasteiger partial charge is 0.257 e. The molecule has 3 aromatic carbocycles. The summed E-state index contributed by atoms with van der Waals surface area (Å²) in [5.74, 6) is 0.355. The minimum atomic E-state index is -1.23. The van der Waals surface area contributed by atoms with E-state index in [4.69, 9.17) is 9.73 Å². The molecule has 1 fully saturated rings. The Hall–Kier alpha value is -3.86. The standard InChI is InChI=1S/C30H29N3O2/c34-29(31-24-17-8-3-9-18-24)30(23-15-6-2-7-16-23)27(21-12-4-1-5-13-21)35-28(33-30)26-20-22-14-10-11-19-25(22)32-26/h1-2,4-7,10-16,19-20,24,27,32H,3,8-9,17-18H2,(H,31,34)/t27-,30+/m0/s1. The number of aromatic nitrogens is 1. The summed E-state index contributed by atoms with van der Waals surface area (Å²) in [6, 6.07) is 30.1. The molecule has 2 N–H and O–H groups in total. The van der Waals surface area contributed by atoms with Gasteiger partial charge in [0, 0.05) is 16.9 Å². The van der Waals surface area contributed by atoms with E-state index in [-0.39, 0.29) is 11.9 Å². The number of nitrogens with one attached hydrogen (secondary N) is 2. The molecule has 0 spiro atoms. The monoisotopic (exact) mass is 463 g/mol. The van der Waals surface area contributed by atoms with Gasteiger partial charge in [-0.2, -0.15) is 0 Å². The number of para-hydroxylation sites is 1. The first-order valence-electron chi connectivity index (χ1n) is 12.5. The van der Waals surface area contributed by atoms with Gasteiger partial charge in [0.1, 0.15) is 5.69 Å². The van der Waals surface area contributed by atoms with Crippen LogP contribution in [0.1, 0.15) is 55.0 Å². The molecule has 176 valence electrons. The third-order valence-corrected chi connectivity index (χ3v) is 7.25. The number of fused-ring (bicyclic) bond motifs is 1. The van der Waals surface area contributed by atoms with Gasteiger partial charge in [0.15, 0.2) is 6.10 Å². The van der Waals surface area contributed by atoms with E-state index in [1.54, 1.807) is 0 Å². The Morgan fingerprint density at radius 2 is 1.57 bits per heavy atom. The van der Waals surface area contributed by atoms with Crippen LogP contribution in [0.5, 0.6) is 0 Å². The number of rotatable bonds is 5. The summed E-state index contributed by atoms with van der Waals surface area (Å²) in [6.07, 6.45) is 4.94. The molecule has 0 saturated heterocycles. The normalized spacial score (nSPS) is 22.5. The number of amides is 1. The van der Waals surface area contributed by atoms with Crippen LogP contribution in [0.4, 0.5) is 0 Å². The lowest BCUT2D eigenvalue weighted by molar-refractivity contribution is -0.130.